The summed E-state index contributed by atoms with van der Waals surface area (Å²) in [4.78, 5) is 19.1. The van der Waals surface area contributed by atoms with Crippen molar-refractivity contribution in [2.24, 2.45) is 5.73 Å². The number of hydrogen-bond donors (Lipinski definition) is 1. The second kappa shape index (κ2) is 13.6. The molecule has 0 radical (unpaired) electrons. The molecule has 1 amide bonds. The quantitative estimate of drug-likeness (QED) is 0.257. The molecule has 0 atom stereocenters. The molecule has 2 N–H and O–H groups in total. The van der Waals surface area contributed by atoms with Crippen LogP contribution in [0.5, 0.6) is 0 Å². The lowest BCUT2D eigenvalue weighted by molar-refractivity contribution is 0.0619. The Morgan fingerprint density at radius 1 is 0.950 bits per heavy atom. The lowest BCUT2D eigenvalue weighted by Crippen LogP contribution is -2.40. The van der Waals surface area contributed by atoms with E-state index in [-0.39, 0.29) is 11.9 Å². The van der Waals surface area contributed by atoms with E-state index in [1.807, 2.05) is 24.3 Å². The average Bonchev–Trinajstić information content (AvgIpc) is 3.38. The summed E-state index contributed by atoms with van der Waals surface area (Å²) in [6.45, 7) is 4.03. The third-order valence-corrected chi connectivity index (χ3v) is 9.53. The van der Waals surface area contributed by atoms with Crippen LogP contribution in [0, 0.1) is 0 Å². The highest BCUT2D eigenvalue weighted by molar-refractivity contribution is 7.21. The predicted molar refractivity (Wildman–Crippen MR) is 169 cm³/mol. The number of nitrogens with two attached hydrogens (primary N) is 1. The number of hydrogen-bond acceptors (Lipinski definition) is 5. The summed E-state index contributed by atoms with van der Waals surface area (Å²) in [5, 5.41) is 1.55. The lowest BCUT2D eigenvalue weighted by Gasteiger charge is -2.34. The highest BCUT2D eigenvalue weighted by Gasteiger charge is 2.29. The van der Waals surface area contributed by atoms with E-state index < -0.39 is 0 Å². The molecule has 6 rings (SSSR count). The molecule has 210 valence electrons. The molecule has 4 aromatic rings. The van der Waals surface area contributed by atoms with E-state index >= 15 is 0 Å². The van der Waals surface area contributed by atoms with Crippen LogP contribution in [-0.2, 0) is 11.3 Å². The van der Waals surface area contributed by atoms with Crippen LogP contribution in [-0.4, -0.2) is 50.2 Å². The number of nitrogens with zero attached hydrogens (tertiary/aromatic N) is 2. The van der Waals surface area contributed by atoms with Gasteiger partial charge in [0.15, 0.2) is 0 Å². The number of carbonyl (C=O) groups is 1. The van der Waals surface area contributed by atoms with E-state index in [1.165, 1.54) is 54.5 Å². The number of ether oxygens (including phenoxy) is 1. The van der Waals surface area contributed by atoms with Gasteiger partial charge in [-0.15, -0.1) is 11.3 Å². The monoisotopic (exact) mass is 575 g/mol. The largest absolute Gasteiger partial charge is 0.378 e. The van der Waals surface area contributed by atoms with Crippen molar-refractivity contribution in [1.29, 1.82) is 0 Å². The first-order valence-electron chi connectivity index (χ1n) is 14.3. The normalized spacial score (nSPS) is 15.9. The maximum atomic E-state index is 14.0. The topological polar surface area (TPSA) is 58.8 Å². The minimum atomic E-state index is 0.0587. The summed E-state index contributed by atoms with van der Waals surface area (Å²) >= 11 is 8.28. The number of halogens is 1. The van der Waals surface area contributed by atoms with E-state index in [0.29, 0.717) is 16.4 Å². The number of thiophene rings is 1. The van der Waals surface area contributed by atoms with Crippen molar-refractivity contribution in [2.75, 3.05) is 38.3 Å². The van der Waals surface area contributed by atoms with Crippen molar-refractivity contribution in [3.63, 3.8) is 0 Å². The summed E-state index contributed by atoms with van der Waals surface area (Å²) in [6.07, 6.45) is 5.69. The van der Waals surface area contributed by atoms with E-state index in [2.05, 4.69) is 64.1 Å². The Kier molecular flexibility index (Phi) is 9.76. The van der Waals surface area contributed by atoms with Gasteiger partial charge in [-0.1, -0.05) is 79.4 Å². The van der Waals surface area contributed by atoms with Crippen LogP contribution in [0.25, 0.3) is 21.2 Å². The molecule has 1 aromatic heterocycles. The van der Waals surface area contributed by atoms with Crippen LogP contribution in [0.1, 0.15) is 47.3 Å². The van der Waals surface area contributed by atoms with E-state index in [9.17, 15) is 4.79 Å². The molecule has 0 bridgehead atoms. The van der Waals surface area contributed by atoms with Gasteiger partial charge in [0.05, 0.1) is 18.2 Å². The molecule has 2 aliphatic rings. The van der Waals surface area contributed by atoms with Crippen molar-refractivity contribution in [3.8, 4) is 11.1 Å². The van der Waals surface area contributed by atoms with Gasteiger partial charge in [0.2, 0.25) is 0 Å². The molecule has 3 aromatic carbocycles. The smallest absolute Gasteiger partial charge is 0.266 e. The third kappa shape index (κ3) is 6.36. The summed E-state index contributed by atoms with van der Waals surface area (Å²) in [5.74, 6) is 0.0587. The Hall–Kier alpha value is -2.90. The standard InChI is InChI=1S/C32H33ClN2O2S.CH5N/c33-30-28-11-4-5-12-29(28)38-31(30)32(36)35(27-9-2-1-3-10-27)22-23-7-6-8-25(21-23)24-13-15-26(16-14-24)34-17-19-37-20-18-34;1-2/h4-8,11-16,21,27H,1-3,9-10,17-20,22H2;2H2,1H3. The zero-order valence-corrected chi connectivity index (χ0v) is 24.7. The Morgan fingerprint density at radius 3 is 2.40 bits per heavy atom. The number of benzene rings is 3. The number of fused-ring (bicyclic) bond motifs is 1. The van der Waals surface area contributed by atoms with Crippen molar-refractivity contribution in [2.45, 2.75) is 44.7 Å². The Bertz CT molecular complexity index is 1410. The average molecular weight is 576 g/mol. The van der Waals surface area contributed by atoms with Gasteiger partial charge in [0, 0.05) is 41.4 Å². The molecule has 2 heterocycles. The van der Waals surface area contributed by atoms with Crippen molar-refractivity contribution < 1.29 is 9.53 Å². The second-order valence-electron chi connectivity index (χ2n) is 10.3. The Balaban J connectivity index is 0.00000158. The maximum Gasteiger partial charge on any atom is 0.266 e. The molecular weight excluding hydrogens is 538 g/mol. The number of carbonyl (C=O) groups excluding carboxylic acids is 1. The van der Waals surface area contributed by atoms with Gasteiger partial charge >= 0.3 is 0 Å². The summed E-state index contributed by atoms with van der Waals surface area (Å²) in [7, 11) is 1.50. The summed E-state index contributed by atoms with van der Waals surface area (Å²) < 4.78 is 6.56. The van der Waals surface area contributed by atoms with Crippen LogP contribution in [0.4, 0.5) is 5.69 Å². The highest BCUT2D eigenvalue weighted by atomic mass is 35.5. The first kappa shape index (κ1) is 28.6. The minimum absolute atomic E-state index is 0.0587. The maximum absolute atomic E-state index is 14.0. The fourth-order valence-electron chi connectivity index (χ4n) is 5.77. The SMILES string of the molecule is CN.O=C(c1sc2ccccc2c1Cl)N(Cc1cccc(-c2ccc(N3CCOCC3)cc2)c1)C1CCCCC1. The molecular formula is C33H38ClN3O2S. The van der Waals surface area contributed by atoms with Crippen LogP contribution >= 0.6 is 22.9 Å². The van der Waals surface area contributed by atoms with Crippen LogP contribution in [0.3, 0.4) is 0 Å². The number of anilines is 1. The number of morpholine rings is 1. The van der Waals surface area contributed by atoms with Crippen LogP contribution in [0.15, 0.2) is 72.8 Å². The van der Waals surface area contributed by atoms with Crippen molar-refractivity contribution >= 4 is 44.6 Å². The first-order chi connectivity index (χ1) is 19.7. The molecule has 1 saturated heterocycles. The van der Waals surface area contributed by atoms with Gasteiger partial charge in [-0.25, -0.2) is 0 Å². The second-order valence-corrected chi connectivity index (χ2v) is 11.7. The zero-order valence-electron chi connectivity index (χ0n) is 23.2. The lowest BCUT2D eigenvalue weighted by atomic mass is 9.93. The predicted octanol–water partition coefficient (Wildman–Crippen LogP) is 7.61. The molecule has 1 saturated carbocycles. The first-order valence-corrected chi connectivity index (χ1v) is 15.4. The van der Waals surface area contributed by atoms with E-state index in [1.54, 1.807) is 0 Å². The molecule has 7 heteroatoms. The number of rotatable bonds is 6. The fourth-order valence-corrected chi connectivity index (χ4v) is 7.24. The molecule has 5 nitrogen and oxygen atoms in total. The molecule has 2 fully saturated rings. The Morgan fingerprint density at radius 2 is 1.68 bits per heavy atom. The number of amides is 1. The van der Waals surface area contributed by atoms with Gasteiger partial charge in [0.1, 0.15) is 4.88 Å². The fraction of sp³-hybridized carbons (Fsp3) is 0.364. The van der Waals surface area contributed by atoms with Gasteiger partial charge < -0.3 is 20.3 Å². The molecule has 1 aliphatic carbocycles. The Labute approximate surface area is 246 Å². The summed E-state index contributed by atoms with van der Waals surface area (Å²) in [6, 6.07) is 25.7. The van der Waals surface area contributed by atoms with Crippen LogP contribution in [0.2, 0.25) is 5.02 Å². The third-order valence-electron chi connectivity index (χ3n) is 7.86. The molecule has 40 heavy (non-hydrogen) atoms. The van der Waals surface area contributed by atoms with Gasteiger partial charge in [-0.3, -0.25) is 4.79 Å². The molecule has 0 unspecified atom stereocenters. The molecule has 0 spiro atoms. The van der Waals surface area contributed by atoms with Crippen LogP contribution < -0.4 is 10.6 Å². The van der Waals surface area contributed by atoms with Gasteiger partial charge in [-0.2, -0.15) is 0 Å². The van der Waals surface area contributed by atoms with Crippen molar-refractivity contribution in [3.05, 3.63) is 88.3 Å². The molecule has 1 aliphatic heterocycles. The van der Waals surface area contributed by atoms with Gasteiger partial charge in [-0.05, 0) is 60.8 Å². The highest BCUT2D eigenvalue weighted by Crippen LogP contribution is 2.37. The minimum Gasteiger partial charge on any atom is -0.378 e. The zero-order chi connectivity index (χ0) is 27.9. The van der Waals surface area contributed by atoms with Crippen molar-refractivity contribution in [1.82, 2.24) is 4.90 Å². The van der Waals surface area contributed by atoms with Gasteiger partial charge in [0.25, 0.3) is 5.91 Å². The van der Waals surface area contributed by atoms with E-state index in [4.69, 9.17) is 16.3 Å². The van der Waals surface area contributed by atoms with E-state index in [0.717, 1.165) is 54.8 Å². The summed E-state index contributed by atoms with van der Waals surface area (Å²) in [5.41, 5.74) is 9.25.